The first kappa shape index (κ1) is 22.1. The molecule has 9 nitrogen and oxygen atoms in total. The highest BCUT2D eigenvalue weighted by Crippen LogP contribution is 2.42. The molecule has 0 atom stereocenters. The molecule has 0 aliphatic rings. The van der Waals surface area contributed by atoms with E-state index in [2.05, 4.69) is 10.2 Å². The Bertz CT molecular complexity index is 1480. The Labute approximate surface area is 201 Å². The summed E-state index contributed by atoms with van der Waals surface area (Å²) in [6, 6.07) is 20.9. The average molecular weight is 470 g/mol. The van der Waals surface area contributed by atoms with Gasteiger partial charge in [-0.05, 0) is 24.3 Å². The molecule has 0 spiro atoms. The summed E-state index contributed by atoms with van der Waals surface area (Å²) < 4.78 is 23.7. The molecule has 35 heavy (non-hydrogen) atoms. The maximum Gasteiger partial charge on any atom is 0.204 e. The van der Waals surface area contributed by atoms with Crippen LogP contribution in [0.4, 0.5) is 0 Å². The van der Waals surface area contributed by atoms with Crippen molar-refractivity contribution in [1.82, 2.24) is 25.0 Å². The van der Waals surface area contributed by atoms with Gasteiger partial charge in [-0.1, -0.05) is 36.4 Å². The van der Waals surface area contributed by atoms with E-state index in [0.29, 0.717) is 45.7 Å². The van der Waals surface area contributed by atoms with Crippen molar-refractivity contribution in [1.29, 1.82) is 0 Å². The lowest BCUT2D eigenvalue weighted by atomic mass is 10.1. The van der Waals surface area contributed by atoms with E-state index >= 15 is 0 Å². The van der Waals surface area contributed by atoms with Gasteiger partial charge in [-0.3, -0.25) is 0 Å². The van der Waals surface area contributed by atoms with E-state index < -0.39 is 0 Å². The van der Waals surface area contributed by atoms with E-state index in [1.165, 1.54) is 0 Å². The number of ether oxygens (including phenoxy) is 4. The molecule has 0 aliphatic carbocycles. The van der Waals surface area contributed by atoms with E-state index in [0.717, 1.165) is 16.8 Å². The Morgan fingerprint density at radius 1 is 0.686 bits per heavy atom. The number of nitrogens with zero attached hydrogens (tertiary/aromatic N) is 5. The van der Waals surface area contributed by atoms with Crippen molar-refractivity contribution in [3.05, 3.63) is 66.7 Å². The topological polar surface area (TPSA) is 93.4 Å². The zero-order valence-electron chi connectivity index (χ0n) is 19.7. The summed E-state index contributed by atoms with van der Waals surface area (Å²) in [5, 5.41) is 13.8. The predicted octanol–water partition coefficient (Wildman–Crippen LogP) is 4.58. The second kappa shape index (κ2) is 9.30. The van der Waals surface area contributed by atoms with Gasteiger partial charge in [0, 0.05) is 17.2 Å². The predicted molar refractivity (Wildman–Crippen MR) is 132 cm³/mol. The lowest BCUT2D eigenvalue weighted by molar-refractivity contribution is 0.324. The molecule has 2 heterocycles. The van der Waals surface area contributed by atoms with Gasteiger partial charge < -0.3 is 18.9 Å². The average Bonchev–Trinajstić information content (AvgIpc) is 3.31. The molecule has 5 rings (SSSR count). The van der Waals surface area contributed by atoms with Gasteiger partial charge in [0.2, 0.25) is 11.4 Å². The number of aromatic nitrogens is 5. The zero-order chi connectivity index (χ0) is 24.4. The monoisotopic (exact) mass is 469 g/mol. The minimum Gasteiger partial charge on any atom is -0.497 e. The van der Waals surface area contributed by atoms with E-state index in [-0.39, 0.29) is 0 Å². The summed E-state index contributed by atoms with van der Waals surface area (Å²) in [4.78, 5) is 4.86. The van der Waals surface area contributed by atoms with Crippen molar-refractivity contribution in [2.45, 2.75) is 0 Å². The van der Waals surface area contributed by atoms with Gasteiger partial charge in [0.1, 0.15) is 17.0 Å². The summed E-state index contributed by atoms with van der Waals surface area (Å²) in [5.41, 5.74) is 4.01. The molecule has 5 aromatic rings. The Morgan fingerprint density at radius 2 is 1.43 bits per heavy atom. The highest BCUT2D eigenvalue weighted by Gasteiger charge is 2.22. The number of hydrogen-bond donors (Lipinski definition) is 0. The van der Waals surface area contributed by atoms with Crippen LogP contribution in [0.1, 0.15) is 0 Å². The third-order valence-electron chi connectivity index (χ3n) is 5.56. The van der Waals surface area contributed by atoms with Crippen LogP contribution >= 0.6 is 0 Å². The lowest BCUT2D eigenvalue weighted by Gasteiger charge is -2.13. The summed E-state index contributed by atoms with van der Waals surface area (Å²) in [6.45, 7) is 0. The van der Waals surface area contributed by atoms with Gasteiger partial charge >= 0.3 is 0 Å². The summed E-state index contributed by atoms with van der Waals surface area (Å²) in [5.74, 6) is 2.71. The molecule has 0 fully saturated rings. The number of hydrogen-bond acceptors (Lipinski definition) is 8. The van der Waals surface area contributed by atoms with E-state index in [1.54, 1.807) is 33.1 Å². The fourth-order valence-electron chi connectivity index (χ4n) is 3.86. The first-order valence-electron chi connectivity index (χ1n) is 10.8. The summed E-state index contributed by atoms with van der Waals surface area (Å²) in [7, 11) is 6.34. The number of rotatable bonds is 7. The van der Waals surface area contributed by atoms with Crippen molar-refractivity contribution in [3.8, 4) is 51.3 Å². The molecule has 9 heteroatoms. The molecule has 0 aliphatic heterocycles. The maximum atomic E-state index is 5.56. The van der Waals surface area contributed by atoms with Crippen molar-refractivity contribution in [3.63, 3.8) is 0 Å². The van der Waals surface area contributed by atoms with Crippen molar-refractivity contribution >= 4 is 11.2 Å². The third kappa shape index (κ3) is 3.97. The van der Waals surface area contributed by atoms with Crippen LogP contribution < -0.4 is 18.9 Å². The van der Waals surface area contributed by atoms with Crippen molar-refractivity contribution < 1.29 is 18.9 Å². The first-order chi connectivity index (χ1) is 17.2. The molecular weight excluding hydrogens is 446 g/mol. The van der Waals surface area contributed by atoms with Crippen LogP contribution in [0.3, 0.4) is 0 Å². The van der Waals surface area contributed by atoms with Crippen LogP contribution in [0.25, 0.3) is 39.5 Å². The quantitative estimate of drug-likeness (QED) is 0.342. The molecule has 3 aromatic carbocycles. The number of benzene rings is 3. The van der Waals surface area contributed by atoms with Crippen LogP contribution in [-0.2, 0) is 0 Å². The highest BCUT2D eigenvalue weighted by molar-refractivity contribution is 5.90. The standard InChI is InChI=1S/C26H23N5O4/c1-32-19-12-8-11-18(15-19)31-26-23(27-25(28-29-26)16-9-6-5-7-10-16)22(30-31)17-13-20(33-2)24(35-4)21(14-17)34-3/h5-15H,1-4H3. The Hall–Kier alpha value is -4.66. The van der Waals surface area contributed by atoms with Crippen LogP contribution in [-0.4, -0.2) is 53.4 Å². The molecule has 0 amide bonds. The normalized spacial score (nSPS) is 10.9. The second-order valence-electron chi connectivity index (χ2n) is 7.55. The molecule has 0 saturated carbocycles. The second-order valence-corrected chi connectivity index (χ2v) is 7.55. The number of fused-ring (bicyclic) bond motifs is 1. The molecule has 0 unspecified atom stereocenters. The van der Waals surface area contributed by atoms with E-state index in [9.17, 15) is 0 Å². The smallest absolute Gasteiger partial charge is 0.204 e. The van der Waals surface area contributed by atoms with Crippen molar-refractivity contribution in [2.24, 2.45) is 0 Å². The molecule has 0 radical (unpaired) electrons. The zero-order valence-corrected chi connectivity index (χ0v) is 19.7. The molecule has 0 bridgehead atoms. The van der Waals surface area contributed by atoms with Gasteiger partial charge in [-0.2, -0.15) is 5.10 Å². The highest BCUT2D eigenvalue weighted by atomic mass is 16.5. The minimum atomic E-state index is 0.494. The van der Waals surface area contributed by atoms with E-state index in [1.807, 2.05) is 66.7 Å². The summed E-state index contributed by atoms with van der Waals surface area (Å²) >= 11 is 0. The maximum absolute atomic E-state index is 5.56. The lowest BCUT2D eigenvalue weighted by Crippen LogP contribution is -2.00. The first-order valence-corrected chi connectivity index (χ1v) is 10.8. The van der Waals surface area contributed by atoms with Gasteiger partial charge in [-0.25, -0.2) is 9.67 Å². The fraction of sp³-hybridized carbons (Fsp3) is 0.154. The van der Waals surface area contributed by atoms with Crippen LogP contribution in [0.15, 0.2) is 66.7 Å². The fourth-order valence-corrected chi connectivity index (χ4v) is 3.86. The molecule has 176 valence electrons. The van der Waals surface area contributed by atoms with Crippen LogP contribution in [0.2, 0.25) is 0 Å². The molecule has 0 N–H and O–H groups in total. The molecular formula is C26H23N5O4. The van der Waals surface area contributed by atoms with E-state index in [4.69, 9.17) is 29.0 Å². The van der Waals surface area contributed by atoms with Crippen molar-refractivity contribution in [2.75, 3.05) is 28.4 Å². The van der Waals surface area contributed by atoms with Gasteiger partial charge in [-0.15, -0.1) is 10.2 Å². The van der Waals surface area contributed by atoms with Crippen LogP contribution in [0, 0.1) is 0 Å². The Balaban J connectivity index is 1.79. The molecule has 2 aromatic heterocycles. The summed E-state index contributed by atoms with van der Waals surface area (Å²) in [6.07, 6.45) is 0. The van der Waals surface area contributed by atoms with Gasteiger partial charge in [0.25, 0.3) is 0 Å². The molecule has 0 saturated heterocycles. The van der Waals surface area contributed by atoms with Gasteiger partial charge in [0.05, 0.1) is 34.1 Å². The van der Waals surface area contributed by atoms with Gasteiger partial charge in [0.15, 0.2) is 17.3 Å². The Morgan fingerprint density at radius 3 is 2.09 bits per heavy atom. The third-order valence-corrected chi connectivity index (χ3v) is 5.56. The minimum absolute atomic E-state index is 0.494. The largest absolute Gasteiger partial charge is 0.497 e. The number of methoxy groups -OCH3 is 4. The van der Waals surface area contributed by atoms with Crippen LogP contribution in [0.5, 0.6) is 23.0 Å². The Kier molecular flexibility index (Phi) is 5.88. The SMILES string of the molecule is COc1cccc(-n2nc(-c3cc(OC)c(OC)c(OC)c3)c3nc(-c4ccccc4)nnc32)c1.